The fraction of sp³-hybridized carbons (Fsp3) is 0.875. The molecule has 2 saturated heterocycles. The first-order valence-corrected chi connectivity index (χ1v) is 6.36. The number of sulfone groups is 1. The minimum Gasteiger partial charge on any atom is -0.481 e. The lowest BCUT2D eigenvalue weighted by Gasteiger charge is -2.12. The maximum absolute atomic E-state index is 11.6. The molecule has 88 valence electrons. The third-order valence-electron chi connectivity index (χ3n) is 3.15. The molecule has 5 nitrogen and oxygen atoms in total. The average Bonchev–Trinajstić information content (AvgIpc) is 2.55. The van der Waals surface area contributed by atoms with Crippen LogP contribution in [0.1, 0.15) is 6.42 Å². The molecule has 2 N–H and O–H groups in total. The molecule has 0 saturated carbocycles. The Morgan fingerprint density at radius 2 is 2.07 bits per heavy atom. The number of aliphatic carboxylic acids is 1. The molecule has 0 unspecified atom stereocenters. The molecular weight excluding hydrogens is 242 g/mol. The highest BCUT2D eigenvalue weighted by Crippen LogP contribution is 2.36. The average molecular weight is 256 g/mol. The Balaban J connectivity index is 0.00000112. The molecule has 0 aromatic heterocycles. The van der Waals surface area contributed by atoms with Crippen molar-refractivity contribution in [1.82, 2.24) is 5.32 Å². The van der Waals surface area contributed by atoms with Crippen molar-refractivity contribution in [1.29, 1.82) is 0 Å². The zero-order valence-electron chi connectivity index (χ0n) is 8.05. The number of hydrogen-bond donors (Lipinski definition) is 2. The normalized spacial score (nSPS) is 36.9. The van der Waals surface area contributed by atoms with Gasteiger partial charge < -0.3 is 10.4 Å². The molecule has 0 spiro atoms. The monoisotopic (exact) mass is 255 g/mol. The number of rotatable bonds is 2. The number of carboxylic acid groups (broad SMARTS) is 1. The molecule has 2 aliphatic rings. The lowest BCUT2D eigenvalue weighted by atomic mass is 9.91. The molecule has 2 aliphatic heterocycles. The molecule has 0 bridgehead atoms. The van der Waals surface area contributed by atoms with Crippen LogP contribution in [-0.2, 0) is 14.6 Å². The Kier molecular flexibility index (Phi) is 3.63. The van der Waals surface area contributed by atoms with Gasteiger partial charge in [-0.05, 0) is 18.4 Å². The van der Waals surface area contributed by atoms with Crippen LogP contribution in [0.4, 0.5) is 0 Å². The maximum Gasteiger partial charge on any atom is 0.303 e. The number of carboxylic acids is 1. The van der Waals surface area contributed by atoms with Gasteiger partial charge in [0.05, 0.1) is 11.0 Å². The van der Waals surface area contributed by atoms with Crippen molar-refractivity contribution in [2.45, 2.75) is 11.7 Å². The van der Waals surface area contributed by atoms with Gasteiger partial charge in [-0.15, -0.1) is 12.4 Å². The predicted molar refractivity (Wildman–Crippen MR) is 56.9 cm³/mol. The lowest BCUT2D eigenvalue weighted by Crippen LogP contribution is -2.22. The van der Waals surface area contributed by atoms with Crippen LogP contribution in [0, 0.1) is 11.8 Å². The summed E-state index contributed by atoms with van der Waals surface area (Å²) in [6.45, 7) is 1.13. The van der Waals surface area contributed by atoms with Crippen molar-refractivity contribution < 1.29 is 18.3 Å². The Morgan fingerprint density at radius 1 is 1.40 bits per heavy atom. The summed E-state index contributed by atoms with van der Waals surface area (Å²) in [4.78, 5) is 10.5. The molecule has 0 radical (unpaired) electrons. The Hall–Kier alpha value is -0.330. The molecule has 2 fully saturated rings. The van der Waals surface area contributed by atoms with Gasteiger partial charge in [0.2, 0.25) is 0 Å². The van der Waals surface area contributed by atoms with E-state index in [0.29, 0.717) is 13.1 Å². The van der Waals surface area contributed by atoms with Crippen molar-refractivity contribution in [2.75, 3.05) is 18.8 Å². The number of halogens is 1. The van der Waals surface area contributed by atoms with Gasteiger partial charge in [-0.1, -0.05) is 0 Å². The van der Waals surface area contributed by atoms with Gasteiger partial charge in [-0.2, -0.15) is 0 Å². The first kappa shape index (κ1) is 12.7. The van der Waals surface area contributed by atoms with E-state index in [-0.39, 0.29) is 41.7 Å². The topological polar surface area (TPSA) is 83.5 Å². The highest BCUT2D eigenvalue weighted by Gasteiger charge is 2.49. The Bertz CT molecular complexity index is 356. The molecule has 2 rings (SSSR count). The highest BCUT2D eigenvalue weighted by atomic mass is 35.5. The van der Waals surface area contributed by atoms with E-state index in [2.05, 4.69) is 5.32 Å². The zero-order valence-corrected chi connectivity index (χ0v) is 9.68. The number of hydrogen-bond acceptors (Lipinski definition) is 4. The lowest BCUT2D eigenvalue weighted by molar-refractivity contribution is -0.138. The summed E-state index contributed by atoms with van der Waals surface area (Å²) in [5.41, 5.74) is 0. The van der Waals surface area contributed by atoms with E-state index < -0.39 is 15.8 Å². The third kappa shape index (κ3) is 2.26. The summed E-state index contributed by atoms with van der Waals surface area (Å²) >= 11 is 0. The third-order valence-corrected chi connectivity index (χ3v) is 5.48. The second-order valence-corrected chi connectivity index (χ2v) is 6.31. The van der Waals surface area contributed by atoms with E-state index in [1.807, 2.05) is 0 Å². The summed E-state index contributed by atoms with van der Waals surface area (Å²) in [5, 5.41) is 11.3. The summed E-state index contributed by atoms with van der Waals surface area (Å²) in [5.74, 6) is -1.04. The molecule has 7 heteroatoms. The van der Waals surface area contributed by atoms with Crippen molar-refractivity contribution in [3.63, 3.8) is 0 Å². The van der Waals surface area contributed by atoms with Crippen LogP contribution in [0.3, 0.4) is 0 Å². The summed E-state index contributed by atoms with van der Waals surface area (Å²) in [6, 6.07) is 0. The molecule has 15 heavy (non-hydrogen) atoms. The highest BCUT2D eigenvalue weighted by molar-refractivity contribution is 7.92. The van der Waals surface area contributed by atoms with Gasteiger partial charge in [0.15, 0.2) is 9.84 Å². The Labute approximate surface area is 94.6 Å². The van der Waals surface area contributed by atoms with Gasteiger partial charge in [-0.3, -0.25) is 4.79 Å². The SMILES string of the molecule is Cl.O=C(O)C[C@@H]1CS(=O)(=O)[C@@H]2CNC[C@H]12. The minimum absolute atomic E-state index is 0. The second-order valence-electron chi connectivity index (χ2n) is 4.05. The van der Waals surface area contributed by atoms with Crippen LogP contribution >= 0.6 is 12.4 Å². The maximum atomic E-state index is 11.6. The van der Waals surface area contributed by atoms with E-state index in [1.165, 1.54) is 0 Å². The number of fused-ring (bicyclic) bond motifs is 1. The molecule has 0 aromatic rings. The quantitative estimate of drug-likeness (QED) is 0.696. The van der Waals surface area contributed by atoms with Gasteiger partial charge >= 0.3 is 5.97 Å². The summed E-state index contributed by atoms with van der Waals surface area (Å²) < 4.78 is 23.2. The number of carbonyl (C=O) groups is 1. The molecular formula is C8H14ClNO4S. The minimum atomic E-state index is -3.04. The molecule has 0 aliphatic carbocycles. The number of nitrogens with one attached hydrogen (secondary N) is 1. The Morgan fingerprint density at radius 3 is 2.67 bits per heavy atom. The molecule has 0 aromatic carbocycles. The smallest absolute Gasteiger partial charge is 0.303 e. The fourth-order valence-electron chi connectivity index (χ4n) is 2.52. The van der Waals surface area contributed by atoms with E-state index in [4.69, 9.17) is 5.11 Å². The van der Waals surface area contributed by atoms with Crippen molar-refractivity contribution in [2.24, 2.45) is 11.8 Å². The molecule has 3 atom stereocenters. The van der Waals surface area contributed by atoms with Crippen LogP contribution in [0.15, 0.2) is 0 Å². The van der Waals surface area contributed by atoms with Gasteiger partial charge in [0.1, 0.15) is 0 Å². The van der Waals surface area contributed by atoms with Gasteiger partial charge in [0, 0.05) is 13.0 Å². The first-order valence-electron chi connectivity index (χ1n) is 4.65. The predicted octanol–water partition coefficient (Wildman–Crippen LogP) is -0.484. The van der Waals surface area contributed by atoms with Crippen molar-refractivity contribution in [3.8, 4) is 0 Å². The van der Waals surface area contributed by atoms with Crippen molar-refractivity contribution >= 4 is 28.2 Å². The fourth-order valence-corrected chi connectivity index (χ4v) is 4.95. The summed E-state index contributed by atoms with van der Waals surface area (Å²) in [7, 11) is -3.04. The molecule has 0 amide bonds. The van der Waals surface area contributed by atoms with Crippen LogP contribution in [-0.4, -0.2) is 43.6 Å². The van der Waals surface area contributed by atoms with E-state index in [9.17, 15) is 13.2 Å². The van der Waals surface area contributed by atoms with E-state index in [0.717, 1.165) is 0 Å². The zero-order chi connectivity index (χ0) is 10.3. The van der Waals surface area contributed by atoms with Gasteiger partial charge in [0.25, 0.3) is 0 Å². The largest absolute Gasteiger partial charge is 0.481 e. The van der Waals surface area contributed by atoms with E-state index >= 15 is 0 Å². The first-order chi connectivity index (χ1) is 6.50. The van der Waals surface area contributed by atoms with Crippen LogP contribution < -0.4 is 5.32 Å². The van der Waals surface area contributed by atoms with Crippen LogP contribution in [0.5, 0.6) is 0 Å². The second kappa shape index (κ2) is 4.27. The standard InChI is InChI=1S/C8H13NO4S.ClH/c10-8(11)1-5-4-14(12,13)7-3-9-2-6(5)7;/h5-7,9H,1-4H2,(H,10,11);1H/t5-,6-,7-;/m1./s1. The molecule has 2 heterocycles. The van der Waals surface area contributed by atoms with Crippen molar-refractivity contribution in [3.05, 3.63) is 0 Å². The van der Waals surface area contributed by atoms with Crippen LogP contribution in [0.2, 0.25) is 0 Å². The van der Waals surface area contributed by atoms with Gasteiger partial charge in [-0.25, -0.2) is 8.42 Å². The van der Waals surface area contributed by atoms with Crippen LogP contribution in [0.25, 0.3) is 0 Å². The summed E-state index contributed by atoms with van der Waals surface area (Å²) in [6.07, 6.45) is -0.0257. The van der Waals surface area contributed by atoms with E-state index in [1.54, 1.807) is 0 Å².